The molecule has 3 saturated heterocycles. The predicted octanol–water partition coefficient (Wildman–Crippen LogP) is 1.68. The number of fused-ring (bicyclic) bond motifs is 2. The van der Waals surface area contributed by atoms with E-state index in [1.807, 2.05) is 0 Å². The van der Waals surface area contributed by atoms with E-state index in [-0.39, 0.29) is 11.4 Å². The lowest BCUT2D eigenvalue weighted by Crippen LogP contribution is -2.47. The normalized spacial score (nSPS) is 23.3. The monoisotopic (exact) mass is 421 g/mol. The SMILES string of the molecule is Nc1ncccc1C(F)F.c1nc(N2CCOCC2)nc(N2C3CCC2COC3)n1. The number of halogens is 2. The van der Waals surface area contributed by atoms with Gasteiger partial charge < -0.3 is 25.0 Å². The molecule has 2 N–H and O–H groups in total. The number of aromatic nitrogens is 4. The van der Waals surface area contributed by atoms with E-state index in [9.17, 15) is 8.78 Å². The lowest BCUT2D eigenvalue weighted by molar-refractivity contribution is 0.0897. The van der Waals surface area contributed by atoms with Crippen LogP contribution >= 0.6 is 0 Å². The van der Waals surface area contributed by atoms with Crippen molar-refractivity contribution in [1.82, 2.24) is 19.9 Å². The lowest BCUT2D eigenvalue weighted by atomic mass is 10.2. The van der Waals surface area contributed by atoms with Crippen LogP contribution in [0, 0.1) is 0 Å². The van der Waals surface area contributed by atoms with E-state index in [4.69, 9.17) is 15.2 Å². The summed E-state index contributed by atoms with van der Waals surface area (Å²) in [6, 6.07) is 3.53. The number of alkyl halides is 2. The molecular weight excluding hydrogens is 396 g/mol. The summed E-state index contributed by atoms with van der Waals surface area (Å²) in [5.41, 5.74) is 4.92. The molecule has 2 unspecified atom stereocenters. The van der Waals surface area contributed by atoms with Crippen LogP contribution < -0.4 is 15.5 Å². The molecule has 5 heterocycles. The second-order valence-electron chi connectivity index (χ2n) is 7.29. The van der Waals surface area contributed by atoms with Crippen molar-refractivity contribution in [3.8, 4) is 0 Å². The summed E-state index contributed by atoms with van der Waals surface area (Å²) in [4.78, 5) is 21.4. The first-order valence-electron chi connectivity index (χ1n) is 10.00. The summed E-state index contributed by atoms with van der Waals surface area (Å²) in [5, 5.41) is 0. The van der Waals surface area contributed by atoms with Gasteiger partial charge in [0.25, 0.3) is 6.43 Å². The third-order valence-corrected chi connectivity index (χ3v) is 5.42. The van der Waals surface area contributed by atoms with E-state index in [0.717, 1.165) is 51.4 Å². The Balaban J connectivity index is 0.000000185. The molecule has 9 nitrogen and oxygen atoms in total. The van der Waals surface area contributed by atoms with Crippen molar-refractivity contribution < 1.29 is 18.3 Å². The molecule has 3 aliphatic rings. The van der Waals surface area contributed by atoms with Crippen LogP contribution in [0.2, 0.25) is 0 Å². The average molecular weight is 421 g/mol. The van der Waals surface area contributed by atoms with Crippen LogP contribution in [-0.2, 0) is 9.47 Å². The minimum atomic E-state index is -2.53. The Bertz CT molecular complexity index is 822. The minimum absolute atomic E-state index is 0.0995. The smallest absolute Gasteiger partial charge is 0.267 e. The molecule has 0 radical (unpaired) electrons. The van der Waals surface area contributed by atoms with E-state index in [1.54, 1.807) is 6.33 Å². The zero-order valence-electron chi connectivity index (χ0n) is 16.5. The Kier molecular flexibility index (Phi) is 6.48. The molecule has 2 aromatic heterocycles. The van der Waals surface area contributed by atoms with Gasteiger partial charge in [-0.15, -0.1) is 0 Å². The van der Waals surface area contributed by atoms with Crippen LogP contribution in [0.5, 0.6) is 0 Å². The fourth-order valence-electron chi connectivity index (χ4n) is 3.89. The highest BCUT2D eigenvalue weighted by Crippen LogP contribution is 2.32. The molecule has 0 spiro atoms. The maximum absolute atomic E-state index is 11.9. The molecule has 162 valence electrons. The lowest BCUT2D eigenvalue weighted by Gasteiger charge is -2.35. The van der Waals surface area contributed by atoms with E-state index in [2.05, 4.69) is 29.7 Å². The summed E-state index contributed by atoms with van der Waals surface area (Å²) in [5.74, 6) is 1.47. The number of nitrogens with zero attached hydrogens (tertiary/aromatic N) is 6. The number of nitrogen functional groups attached to an aromatic ring is 1. The quantitative estimate of drug-likeness (QED) is 0.793. The number of anilines is 3. The molecule has 30 heavy (non-hydrogen) atoms. The minimum Gasteiger partial charge on any atom is -0.383 e. The van der Waals surface area contributed by atoms with Crippen molar-refractivity contribution in [3.63, 3.8) is 0 Å². The van der Waals surface area contributed by atoms with E-state index < -0.39 is 6.43 Å². The molecule has 2 aromatic rings. The summed E-state index contributed by atoms with van der Waals surface area (Å²) < 4.78 is 34.8. The molecule has 3 fully saturated rings. The zero-order chi connectivity index (χ0) is 20.9. The fraction of sp³-hybridized carbons (Fsp3) is 0.579. The third-order valence-electron chi connectivity index (χ3n) is 5.42. The van der Waals surface area contributed by atoms with Crippen molar-refractivity contribution in [2.75, 3.05) is 55.1 Å². The standard InChI is InChI=1S/C13H19N5O2.C6H6F2N2/c1-2-11-8-20-7-10(1)18(11)13-15-9-14-12(16-13)17-3-5-19-6-4-17;7-5(8)4-2-1-3-10-6(4)9/h9-11H,1-8H2;1-3,5H,(H2,9,10). The van der Waals surface area contributed by atoms with Crippen molar-refractivity contribution in [3.05, 3.63) is 30.2 Å². The third kappa shape index (κ3) is 4.57. The Morgan fingerprint density at radius 3 is 2.33 bits per heavy atom. The molecule has 0 saturated carbocycles. The van der Waals surface area contributed by atoms with Crippen LogP contribution in [-0.4, -0.2) is 71.5 Å². The number of ether oxygens (including phenoxy) is 2. The van der Waals surface area contributed by atoms with E-state index in [1.165, 1.54) is 31.2 Å². The van der Waals surface area contributed by atoms with Crippen LogP contribution in [0.15, 0.2) is 24.7 Å². The van der Waals surface area contributed by atoms with Crippen LogP contribution in [0.4, 0.5) is 26.5 Å². The first-order valence-corrected chi connectivity index (χ1v) is 10.00. The average Bonchev–Trinajstić information content (AvgIpc) is 3.03. The molecular formula is C19H25F2N7O2. The Labute approximate surface area is 173 Å². The number of pyridine rings is 1. The summed E-state index contributed by atoms with van der Waals surface area (Å²) in [6.45, 7) is 4.75. The predicted molar refractivity (Wildman–Crippen MR) is 107 cm³/mol. The van der Waals surface area contributed by atoms with Gasteiger partial charge in [-0.25, -0.2) is 23.7 Å². The number of nitrogens with two attached hydrogens (primary N) is 1. The van der Waals surface area contributed by atoms with Gasteiger partial charge in [0.2, 0.25) is 11.9 Å². The van der Waals surface area contributed by atoms with Crippen LogP contribution in [0.25, 0.3) is 0 Å². The van der Waals surface area contributed by atoms with Gasteiger partial charge in [-0.05, 0) is 25.0 Å². The second-order valence-corrected chi connectivity index (χ2v) is 7.29. The first-order chi connectivity index (χ1) is 14.6. The van der Waals surface area contributed by atoms with Crippen molar-refractivity contribution in [2.45, 2.75) is 31.4 Å². The van der Waals surface area contributed by atoms with Crippen molar-refractivity contribution in [2.24, 2.45) is 0 Å². The van der Waals surface area contributed by atoms with Gasteiger partial charge in [0.15, 0.2) is 0 Å². The Morgan fingerprint density at radius 1 is 1.00 bits per heavy atom. The number of hydrogen-bond donors (Lipinski definition) is 1. The van der Waals surface area contributed by atoms with Gasteiger partial charge in [0.1, 0.15) is 12.1 Å². The highest BCUT2D eigenvalue weighted by molar-refractivity contribution is 5.42. The second kappa shape index (κ2) is 9.43. The summed E-state index contributed by atoms with van der Waals surface area (Å²) in [7, 11) is 0. The number of morpholine rings is 2. The van der Waals surface area contributed by atoms with Crippen molar-refractivity contribution >= 4 is 17.7 Å². The highest BCUT2D eigenvalue weighted by atomic mass is 19.3. The maximum Gasteiger partial charge on any atom is 0.267 e. The largest absolute Gasteiger partial charge is 0.383 e. The number of rotatable bonds is 3. The molecule has 11 heteroatoms. The van der Waals surface area contributed by atoms with Gasteiger partial charge in [-0.1, -0.05) is 0 Å². The molecule has 0 aliphatic carbocycles. The molecule has 3 aliphatic heterocycles. The Hall–Kier alpha value is -2.66. The fourth-order valence-corrected chi connectivity index (χ4v) is 3.89. The summed E-state index contributed by atoms with van der Waals surface area (Å²) >= 11 is 0. The molecule has 2 bridgehead atoms. The summed E-state index contributed by atoms with van der Waals surface area (Å²) in [6.07, 6.45) is 2.81. The number of hydrogen-bond acceptors (Lipinski definition) is 9. The van der Waals surface area contributed by atoms with E-state index >= 15 is 0 Å². The van der Waals surface area contributed by atoms with E-state index in [0.29, 0.717) is 12.1 Å². The van der Waals surface area contributed by atoms with Crippen LogP contribution in [0.1, 0.15) is 24.8 Å². The maximum atomic E-state index is 11.9. The molecule has 0 amide bonds. The molecule has 5 rings (SSSR count). The van der Waals surface area contributed by atoms with Crippen molar-refractivity contribution in [1.29, 1.82) is 0 Å². The van der Waals surface area contributed by atoms with Crippen LogP contribution in [0.3, 0.4) is 0 Å². The van der Waals surface area contributed by atoms with Gasteiger partial charge >= 0.3 is 0 Å². The highest BCUT2D eigenvalue weighted by Gasteiger charge is 2.39. The zero-order valence-corrected chi connectivity index (χ0v) is 16.5. The topological polar surface area (TPSA) is 103 Å². The molecule has 0 aromatic carbocycles. The first kappa shape index (κ1) is 20.6. The Morgan fingerprint density at radius 2 is 1.70 bits per heavy atom. The van der Waals surface area contributed by atoms with Gasteiger partial charge in [-0.3, -0.25) is 0 Å². The van der Waals surface area contributed by atoms with Gasteiger partial charge in [0, 0.05) is 19.3 Å². The molecule has 2 atom stereocenters. The van der Waals surface area contributed by atoms with Gasteiger partial charge in [0.05, 0.1) is 44.1 Å². The van der Waals surface area contributed by atoms with Gasteiger partial charge in [-0.2, -0.15) is 4.98 Å².